The standard InChI is InChI=1S/C25H28N10O7S3/c1-10-5-14(35-13(28-10)6-33(32-35)24(27)41)43-7-11-8-44-20-16(19(37)34(20)17(11)21(38)39)30-18(36)15(12-9-45-23(26)29-12)31-42-22(40)25(2,3)4/h5-6,9,16,20,32H,7-8H2,1-4H3,(H2,26,29)(H2,27,41)(H,30,36)(H,38,39)/t16-,20-/m1/s1. The predicted molar refractivity (Wildman–Crippen MR) is 166 cm³/mol. The molecule has 0 aromatic carbocycles. The lowest BCUT2D eigenvalue weighted by Gasteiger charge is -2.49. The first-order valence-electron chi connectivity index (χ1n) is 13.1. The van der Waals surface area contributed by atoms with Gasteiger partial charge in [0.25, 0.3) is 11.8 Å². The fourth-order valence-corrected chi connectivity index (χ4v) is 7.37. The highest BCUT2D eigenvalue weighted by Crippen LogP contribution is 2.42. The molecule has 1 aromatic rings. The summed E-state index contributed by atoms with van der Waals surface area (Å²) in [5, 5.41) is 20.5. The van der Waals surface area contributed by atoms with Crippen LogP contribution < -0.4 is 22.3 Å². The zero-order valence-electron chi connectivity index (χ0n) is 24.3. The lowest BCUT2D eigenvalue weighted by Crippen LogP contribution is -2.71. The number of thioether (sulfide) groups is 2. The topological polar surface area (TPSA) is 238 Å². The quantitative estimate of drug-likeness (QED) is 0.111. The molecule has 20 heteroatoms. The number of hydrazine groups is 2. The normalized spacial score (nSPS) is 21.3. The first kappa shape index (κ1) is 32.0. The van der Waals surface area contributed by atoms with E-state index in [1.807, 2.05) is 0 Å². The number of aromatic nitrogens is 1. The van der Waals surface area contributed by atoms with Crippen molar-refractivity contribution in [3.05, 3.63) is 45.5 Å². The van der Waals surface area contributed by atoms with Crippen molar-refractivity contribution in [1.82, 2.24) is 30.8 Å². The number of nitrogens with zero attached hydrogens (tertiary/aromatic N) is 6. The minimum Gasteiger partial charge on any atom is -0.477 e. The number of carboxylic acids is 1. The zero-order valence-corrected chi connectivity index (χ0v) is 26.7. The molecular weight excluding hydrogens is 649 g/mol. The van der Waals surface area contributed by atoms with E-state index in [-0.39, 0.29) is 33.7 Å². The molecule has 0 aliphatic carbocycles. The summed E-state index contributed by atoms with van der Waals surface area (Å²) in [5.74, 6) is -2.59. The van der Waals surface area contributed by atoms with E-state index in [1.54, 1.807) is 33.8 Å². The zero-order chi connectivity index (χ0) is 32.8. The minimum atomic E-state index is -1.29. The maximum atomic E-state index is 13.3. The highest BCUT2D eigenvalue weighted by molar-refractivity contribution is 8.03. The third kappa shape index (κ3) is 6.39. The number of aliphatic carboxylic acids is 1. The van der Waals surface area contributed by atoms with E-state index in [0.717, 1.165) is 21.2 Å². The maximum absolute atomic E-state index is 13.3. The number of rotatable bonds is 8. The van der Waals surface area contributed by atoms with E-state index in [0.29, 0.717) is 22.1 Å². The lowest BCUT2D eigenvalue weighted by molar-refractivity contribution is -0.153. The summed E-state index contributed by atoms with van der Waals surface area (Å²) in [6.45, 7) is 6.62. The summed E-state index contributed by atoms with van der Waals surface area (Å²) in [7, 11) is 0. The van der Waals surface area contributed by atoms with E-state index in [1.165, 1.54) is 40.1 Å². The van der Waals surface area contributed by atoms with Crippen molar-refractivity contribution < 1.29 is 33.9 Å². The predicted octanol–water partition coefficient (Wildman–Crippen LogP) is 0.721. The van der Waals surface area contributed by atoms with Crippen molar-refractivity contribution in [1.29, 1.82) is 0 Å². The Morgan fingerprint density at radius 1 is 1.31 bits per heavy atom. The Morgan fingerprint density at radius 2 is 2.04 bits per heavy atom. The molecule has 2 atom stereocenters. The average Bonchev–Trinajstić information content (AvgIpc) is 3.59. The van der Waals surface area contributed by atoms with Gasteiger partial charge in [0.1, 0.15) is 22.8 Å². The van der Waals surface area contributed by atoms with Crippen LogP contribution in [-0.4, -0.2) is 89.1 Å². The molecule has 0 spiro atoms. The van der Waals surface area contributed by atoms with Crippen molar-refractivity contribution in [3.8, 4) is 0 Å². The van der Waals surface area contributed by atoms with Gasteiger partial charge in [-0.3, -0.25) is 14.5 Å². The van der Waals surface area contributed by atoms with Gasteiger partial charge in [-0.05, 0) is 39.3 Å². The number of nitrogens with two attached hydrogens (primary N) is 2. The molecule has 7 N–H and O–H groups in total. The summed E-state index contributed by atoms with van der Waals surface area (Å²) in [6, 6.07) is -1.82. The number of primary amides is 1. The van der Waals surface area contributed by atoms with E-state index < -0.39 is 46.6 Å². The number of carboxylic acid groups (broad SMARTS) is 1. The molecule has 1 fully saturated rings. The van der Waals surface area contributed by atoms with Gasteiger partial charge in [-0.25, -0.2) is 34.4 Å². The molecular formula is C25H28N10O7S3. The number of fused-ring (bicyclic) bond motifs is 2. The lowest BCUT2D eigenvalue weighted by atomic mass is 9.98. The largest absolute Gasteiger partial charge is 0.477 e. The summed E-state index contributed by atoms with van der Waals surface area (Å²) in [5.41, 5.74) is 13.6. The Kier molecular flexibility index (Phi) is 8.66. The van der Waals surface area contributed by atoms with Gasteiger partial charge >= 0.3 is 18.0 Å². The van der Waals surface area contributed by atoms with Gasteiger partial charge in [0.2, 0.25) is 0 Å². The van der Waals surface area contributed by atoms with E-state index in [2.05, 4.69) is 26.0 Å². The van der Waals surface area contributed by atoms with Crippen LogP contribution in [0, 0.1) is 5.41 Å². The van der Waals surface area contributed by atoms with Crippen LogP contribution in [0.15, 0.2) is 49.9 Å². The minimum absolute atomic E-state index is 0.0452. The molecule has 238 valence electrons. The molecule has 0 unspecified atom stereocenters. The molecule has 45 heavy (non-hydrogen) atoms. The number of amides is 4. The van der Waals surface area contributed by atoms with Crippen molar-refractivity contribution >= 4 is 81.2 Å². The number of hydrogen-bond acceptors (Lipinski definition) is 15. The van der Waals surface area contributed by atoms with Crippen LogP contribution in [-0.2, 0) is 24.0 Å². The number of anilines is 1. The van der Waals surface area contributed by atoms with Crippen LogP contribution in [0.3, 0.4) is 0 Å². The number of allylic oxidation sites excluding steroid dienone is 1. The highest BCUT2D eigenvalue weighted by atomic mass is 32.2. The number of nitrogens with one attached hydrogen (secondary N) is 2. The third-order valence-electron chi connectivity index (χ3n) is 6.51. The van der Waals surface area contributed by atoms with Crippen LogP contribution in [0.2, 0.25) is 0 Å². The second-order valence-electron chi connectivity index (χ2n) is 10.9. The second-order valence-corrected chi connectivity index (χ2v) is 13.9. The molecule has 17 nitrogen and oxygen atoms in total. The summed E-state index contributed by atoms with van der Waals surface area (Å²) in [4.78, 5) is 77.4. The molecule has 1 aromatic heterocycles. The average molecular weight is 677 g/mol. The van der Waals surface area contributed by atoms with Crippen LogP contribution in [0.1, 0.15) is 33.4 Å². The van der Waals surface area contributed by atoms with E-state index in [4.69, 9.17) is 16.3 Å². The van der Waals surface area contributed by atoms with Crippen molar-refractivity contribution in [2.24, 2.45) is 21.3 Å². The molecule has 5 rings (SSSR count). The number of thiazole rings is 1. The van der Waals surface area contributed by atoms with Gasteiger partial charge in [0, 0.05) is 22.6 Å². The SMILES string of the molecule is CC1=NC2=CN(C(N)=O)NN2C(SCC2=C(C(=O)O)N3C(=O)[C@@H](NC(=O)C(=NOC(=O)C(C)(C)C)c4csc(N)n4)[C@H]3SC2)=C1. The number of β-lactam (4-membered cyclic amide) rings is 1. The third-order valence-corrected chi connectivity index (χ3v) is 9.61. The van der Waals surface area contributed by atoms with Crippen molar-refractivity contribution in [2.75, 3.05) is 17.2 Å². The Hall–Kier alpha value is -4.40. The van der Waals surface area contributed by atoms with Crippen molar-refractivity contribution in [2.45, 2.75) is 39.1 Å². The summed E-state index contributed by atoms with van der Waals surface area (Å²) >= 11 is 3.61. The number of aliphatic imine (C=N–C) groups is 1. The van der Waals surface area contributed by atoms with Gasteiger partial charge in [-0.2, -0.15) is 0 Å². The first-order valence-corrected chi connectivity index (χ1v) is 16.1. The van der Waals surface area contributed by atoms with Crippen LogP contribution >= 0.6 is 34.9 Å². The fourth-order valence-electron chi connectivity index (χ4n) is 4.27. The fraction of sp³-hybridized carbons (Fsp3) is 0.360. The van der Waals surface area contributed by atoms with Crippen LogP contribution in [0.25, 0.3) is 0 Å². The first-order chi connectivity index (χ1) is 21.1. The van der Waals surface area contributed by atoms with Gasteiger partial charge in [0.15, 0.2) is 16.7 Å². The Bertz CT molecular complexity index is 1660. The Labute approximate surface area is 268 Å². The summed E-state index contributed by atoms with van der Waals surface area (Å²) in [6.07, 6.45) is 3.19. The molecule has 5 heterocycles. The van der Waals surface area contributed by atoms with Gasteiger partial charge in [0.05, 0.1) is 16.6 Å². The number of oxime groups is 1. The molecule has 0 radical (unpaired) electrons. The monoisotopic (exact) mass is 676 g/mol. The smallest absolute Gasteiger partial charge is 0.352 e. The highest BCUT2D eigenvalue weighted by Gasteiger charge is 2.54. The van der Waals surface area contributed by atoms with E-state index in [9.17, 15) is 29.1 Å². The second kappa shape index (κ2) is 12.2. The van der Waals surface area contributed by atoms with Gasteiger partial charge in [-0.15, -0.1) is 40.4 Å². The molecule has 4 aliphatic heterocycles. The van der Waals surface area contributed by atoms with Crippen molar-refractivity contribution in [3.63, 3.8) is 0 Å². The van der Waals surface area contributed by atoms with Gasteiger partial charge in [-0.1, -0.05) is 5.16 Å². The van der Waals surface area contributed by atoms with E-state index >= 15 is 0 Å². The molecule has 0 saturated carbocycles. The number of carbonyl (C=O) groups is 5. The molecule has 4 aliphatic rings. The van der Waals surface area contributed by atoms with Crippen LogP contribution in [0.5, 0.6) is 0 Å². The molecule has 0 bridgehead atoms. The summed E-state index contributed by atoms with van der Waals surface area (Å²) < 4.78 is 0. The molecule has 4 amide bonds. The number of nitrogen functional groups attached to an aromatic ring is 1. The number of carbonyl (C=O) groups excluding carboxylic acids is 4. The maximum Gasteiger partial charge on any atom is 0.352 e. The van der Waals surface area contributed by atoms with Gasteiger partial charge < -0.3 is 26.7 Å². The Morgan fingerprint density at radius 3 is 2.67 bits per heavy atom. The van der Waals surface area contributed by atoms with Crippen LogP contribution in [0.4, 0.5) is 9.93 Å². The number of urea groups is 1. The Balaban J connectivity index is 1.31. The molecule has 1 saturated heterocycles. The number of hydrogen-bond donors (Lipinski definition) is 5.